The molecule has 0 aliphatic carbocycles. The van der Waals surface area contributed by atoms with Gasteiger partial charge in [0, 0.05) is 36.6 Å². The SMILES string of the molecule is NC(=S)c1cccc(-c2cn(C3CCOCC3)c3ncsc23)c1. The minimum atomic E-state index is 0.427. The summed E-state index contributed by atoms with van der Waals surface area (Å²) in [5, 5.41) is 0. The first kappa shape index (κ1) is 14.8. The van der Waals surface area contributed by atoms with E-state index < -0.39 is 0 Å². The Morgan fingerprint density at radius 2 is 2.17 bits per heavy atom. The largest absolute Gasteiger partial charge is 0.389 e. The molecule has 1 saturated heterocycles. The molecule has 0 atom stereocenters. The summed E-state index contributed by atoms with van der Waals surface area (Å²) in [6.07, 6.45) is 4.30. The molecule has 3 heterocycles. The van der Waals surface area contributed by atoms with Crippen LogP contribution in [0.2, 0.25) is 0 Å². The summed E-state index contributed by atoms with van der Waals surface area (Å²) in [5.74, 6) is 0. The Morgan fingerprint density at radius 1 is 1.35 bits per heavy atom. The number of aromatic nitrogens is 2. The molecule has 0 saturated carbocycles. The number of benzene rings is 1. The summed E-state index contributed by atoms with van der Waals surface area (Å²) in [6, 6.07) is 8.57. The number of hydrogen-bond donors (Lipinski definition) is 1. The van der Waals surface area contributed by atoms with Crippen LogP contribution in [0, 0.1) is 0 Å². The maximum absolute atomic E-state index is 5.78. The van der Waals surface area contributed by atoms with E-state index in [-0.39, 0.29) is 0 Å². The molecule has 0 radical (unpaired) electrons. The van der Waals surface area contributed by atoms with Crippen LogP contribution in [0.15, 0.2) is 36.0 Å². The Morgan fingerprint density at radius 3 is 2.96 bits per heavy atom. The van der Waals surface area contributed by atoms with Crippen molar-refractivity contribution >= 4 is 38.9 Å². The summed E-state index contributed by atoms with van der Waals surface area (Å²) >= 11 is 6.79. The van der Waals surface area contributed by atoms with E-state index in [4.69, 9.17) is 22.7 Å². The molecular weight excluding hydrogens is 326 g/mol. The van der Waals surface area contributed by atoms with Gasteiger partial charge in [-0.05, 0) is 24.5 Å². The third kappa shape index (κ3) is 2.67. The van der Waals surface area contributed by atoms with Gasteiger partial charge in [0.15, 0.2) is 5.65 Å². The molecule has 0 amide bonds. The zero-order chi connectivity index (χ0) is 15.8. The second-order valence-corrected chi connectivity index (χ2v) is 7.04. The molecule has 2 aromatic heterocycles. The molecule has 1 aliphatic heterocycles. The predicted octanol–water partition coefficient (Wildman–Crippen LogP) is 3.75. The van der Waals surface area contributed by atoms with Crippen molar-refractivity contribution in [2.75, 3.05) is 13.2 Å². The van der Waals surface area contributed by atoms with Crippen LogP contribution in [0.1, 0.15) is 24.4 Å². The smallest absolute Gasteiger partial charge is 0.151 e. The third-order valence-electron chi connectivity index (χ3n) is 4.35. The van der Waals surface area contributed by atoms with Gasteiger partial charge in [0.2, 0.25) is 0 Å². The molecule has 1 fully saturated rings. The number of thiazole rings is 1. The van der Waals surface area contributed by atoms with Crippen molar-refractivity contribution in [2.45, 2.75) is 18.9 Å². The number of rotatable bonds is 3. The van der Waals surface area contributed by atoms with E-state index in [9.17, 15) is 0 Å². The lowest BCUT2D eigenvalue weighted by Crippen LogP contribution is -2.19. The minimum Gasteiger partial charge on any atom is -0.389 e. The number of nitrogens with zero attached hydrogens (tertiary/aromatic N) is 2. The van der Waals surface area contributed by atoms with Crippen LogP contribution in [-0.2, 0) is 4.74 Å². The molecule has 2 N–H and O–H groups in total. The number of fused-ring (bicyclic) bond motifs is 1. The van der Waals surface area contributed by atoms with Gasteiger partial charge in [-0.1, -0.05) is 30.4 Å². The average molecular weight is 343 g/mol. The highest BCUT2D eigenvalue weighted by atomic mass is 32.1. The average Bonchev–Trinajstić information content (AvgIpc) is 3.18. The molecule has 1 aliphatic rings. The summed E-state index contributed by atoms with van der Waals surface area (Å²) < 4.78 is 9.02. The van der Waals surface area contributed by atoms with Crippen LogP contribution >= 0.6 is 23.6 Å². The molecule has 4 nitrogen and oxygen atoms in total. The number of ether oxygens (including phenoxy) is 1. The highest BCUT2D eigenvalue weighted by Gasteiger charge is 2.21. The number of hydrogen-bond acceptors (Lipinski definition) is 4. The van der Waals surface area contributed by atoms with Crippen molar-refractivity contribution in [1.29, 1.82) is 0 Å². The van der Waals surface area contributed by atoms with Crippen molar-refractivity contribution in [2.24, 2.45) is 5.73 Å². The van der Waals surface area contributed by atoms with Crippen LogP contribution in [-0.4, -0.2) is 27.8 Å². The highest BCUT2D eigenvalue weighted by molar-refractivity contribution is 7.80. The van der Waals surface area contributed by atoms with E-state index in [1.165, 1.54) is 10.3 Å². The second kappa shape index (κ2) is 6.03. The van der Waals surface area contributed by atoms with Gasteiger partial charge in [-0.2, -0.15) is 0 Å². The molecule has 1 aromatic carbocycles. The second-order valence-electron chi connectivity index (χ2n) is 5.74. The van der Waals surface area contributed by atoms with E-state index >= 15 is 0 Å². The number of thiocarbonyl (C=S) groups is 1. The quantitative estimate of drug-likeness (QED) is 0.736. The van der Waals surface area contributed by atoms with Crippen LogP contribution in [0.4, 0.5) is 0 Å². The first-order chi connectivity index (χ1) is 11.2. The lowest BCUT2D eigenvalue weighted by molar-refractivity contribution is 0.0706. The van der Waals surface area contributed by atoms with Gasteiger partial charge in [-0.3, -0.25) is 0 Å². The van der Waals surface area contributed by atoms with Crippen molar-refractivity contribution in [1.82, 2.24) is 9.55 Å². The van der Waals surface area contributed by atoms with Gasteiger partial charge in [0.1, 0.15) is 4.99 Å². The van der Waals surface area contributed by atoms with E-state index in [1.807, 2.05) is 17.6 Å². The fourth-order valence-electron chi connectivity index (χ4n) is 3.15. The Balaban J connectivity index is 1.83. The fraction of sp³-hybridized carbons (Fsp3) is 0.294. The first-order valence-corrected chi connectivity index (χ1v) is 8.95. The van der Waals surface area contributed by atoms with Gasteiger partial charge in [-0.25, -0.2) is 4.98 Å². The molecule has 0 spiro atoms. The van der Waals surface area contributed by atoms with Gasteiger partial charge in [-0.15, -0.1) is 11.3 Å². The fourth-order valence-corrected chi connectivity index (χ4v) is 4.10. The maximum Gasteiger partial charge on any atom is 0.151 e. The maximum atomic E-state index is 5.78. The zero-order valence-electron chi connectivity index (χ0n) is 12.6. The lowest BCUT2D eigenvalue weighted by atomic mass is 10.1. The monoisotopic (exact) mass is 343 g/mol. The van der Waals surface area contributed by atoms with Crippen LogP contribution in [0.5, 0.6) is 0 Å². The van der Waals surface area contributed by atoms with Crippen molar-refractivity contribution in [3.8, 4) is 11.1 Å². The lowest BCUT2D eigenvalue weighted by Gasteiger charge is -2.23. The molecule has 0 unspecified atom stereocenters. The molecule has 118 valence electrons. The van der Waals surface area contributed by atoms with E-state index in [0.717, 1.165) is 42.8 Å². The summed E-state index contributed by atoms with van der Waals surface area (Å²) in [4.78, 5) is 5.01. The third-order valence-corrected chi connectivity index (χ3v) is 5.43. The van der Waals surface area contributed by atoms with Crippen LogP contribution in [0.25, 0.3) is 21.5 Å². The Kier molecular flexibility index (Phi) is 3.88. The topological polar surface area (TPSA) is 53.1 Å². The number of nitrogens with two attached hydrogens (primary N) is 1. The predicted molar refractivity (Wildman–Crippen MR) is 98.0 cm³/mol. The minimum absolute atomic E-state index is 0.427. The molecule has 23 heavy (non-hydrogen) atoms. The van der Waals surface area contributed by atoms with Crippen LogP contribution in [0.3, 0.4) is 0 Å². The normalized spacial score (nSPS) is 16.0. The Labute approximate surface area is 143 Å². The van der Waals surface area contributed by atoms with E-state index in [2.05, 4.69) is 27.9 Å². The first-order valence-electron chi connectivity index (χ1n) is 7.66. The van der Waals surface area contributed by atoms with Crippen molar-refractivity contribution in [3.63, 3.8) is 0 Å². The molecule has 6 heteroatoms. The van der Waals surface area contributed by atoms with Crippen LogP contribution < -0.4 is 5.73 Å². The molecule has 4 rings (SSSR count). The van der Waals surface area contributed by atoms with E-state index in [0.29, 0.717) is 11.0 Å². The van der Waals surface area contributed by atoms with Gasteiger partial charge < -0.3 is 15.0 Å². The van der Waals surface area contributed by atoms with Gasteiger partial charge >= 0.3 is 0 Å². The molecular formula is C17H17N3OS2. The summed E-state index contributed by atoms with van der Waals surface area (Å²) in [5.41, 5.74) is 12.0. The summed E-state index contributed by atoms with van der Waals surface area (Å²) in [6.45, 7) is 1.64. The van der Waals surface area contributed by atoms with Crippen molar-refractivity contribution in [3.05, 3.63) is 41.5 Å². The van der Waals surface area contributed by atoms with Gasteiger partial charge in [0.05, 0.1) is 10.2 Å². The summed E-state index contributed by atoms with van der Waals surface area (Å²) in [7, 11) is 0. The van der Waals surface area contributed by atoms with Gasteiger partial charge in [0.25, 0.3) is 0 Å². The Bertz CT molecular complexity index is 862. The molecule has 3 aromatic rings. The Hall–Kier alpha value is -1.76. The molecule has 0 bridgehead atoms. The van der Waals surface area contributed by atoms with E-state index in [1.54, 1.807) is 11.3 Å². The zero-order valence-corrected chi connectivity index (χ0v) is 14.2. The highest BCUT2D eigenvalue weighted by Crippen LogP contribution is 2.36. The standard InChI is InChI=1S/C17H17N3OS2/c18-16(22)12-3-1-2-11(8-12)14-9-20(13-4-6-21-7-5-13)17-15(14)23-10-19-17/h1-3,8-10,13H,4-7H2,(H2,18,22). The van der Waals surface area contributed by atoms with Crippen molar-refractivity contribution < 1.29 is 4.74 Å².